The van der Waals surface area contributed by atoms with Gasteiger partial charge in [-0.3, -0.25) is 0 Å². The average Bonchev–Trinajstić information content (AvgIpc) is 2.82. The van der Waals surface area contributed by atoms with E-state index in [9.17, 15) is 0 Å². The van der Waals surface area contributed by atoms with Crippen molar-refractivity contribution in [3.8, 4) is 0 Å². The van der Waals surface area contributed by atoms with Crippen LogP contribution in [0.1, 0.15) is 51.0 Å². The van der Waals surface area contributed by atoms with Crippen molar-refractivity contribution in [3.05, 3.63) is 29.8 Å². The van der Waals surface area contributed by atoms with Crippen molar-refractivity contribution in [2.24, 2.45) is 16.6 Å². The van der Waals surface area contributed by atoms with E-state index in [2.05, 4.69) is 37.0 Å². The first-order valence-corrected chi connectivity index (χ1v) is 6.61. The van der Waals surface area contributed by atoms with Gasteiger partial charge >= 0.3 is 0 Å². The van der Waals surface area contributed by atoms with Crippen molar-refractivity contribution in [3.63, 3.8) is 0 Å². The molecule has 0 aromatic heterocycles. The van der Waals surface area contributed by atoms with Crippen LogP contribution in [0.4, 0.5) is 5.69 Å². The number of hydrogen-bond donors (Lipinski definition) is 1. The Morgan fingerprint density at radius 3 is 2.65 bits per heavy atom. The van der Waals surface area contributed by atoms with E-state index in [1.165, 1.54) is 31.2 Å². The first kappa shape index (κ1) is 12.2. The molecule has 0 atom stereocenters. The van der Waals surface area contributed by atoms with E-state index in [-0.39, 0.29) is 0 Å². The molecule has 0 amide bonds. The van der Waals surface area contributed by atoms with E-state index >= 15 is 0 Å². The molecule has 1 aliphatic carbocycles. The molecule has 1 aromatic rings. The molecule has 92 valence electrons. The molecule has 0 unspecified atom stereocenters. The number of nitrogens with zero attached hydrogens (tertiary/aromatic N) is 1. The molecule has 0 heterocycles. The largest absolute Gasteiger partial charge is 0.387 e. The summed E-state index contributed by atoms with van der Waals surface area (Å²) in [7, 11) is 0. The lowest BCUT2D eigenvalue weighted by molar-refractivity contribution is 0.722. The minimum absolute atomic E-state index is 0.512. The van der Waals surface area contributed by atoms with Crippen LogP contribution in [-0.4, -0.2) is 5.84 Å². The zero-order valence-electron chi connectivity index (χ0n) is 10.8. The Labute approximate surface area is 104 Å². The summed E-state index contributed by atoms with van der Waals surface area (Å²) >= 11 is 0. The highest BCUT2D eigenvalue weighted by Crippen LogP contribution is 2.27. The Bertz CT molecular complexity index is 401. The Morgan fingerprint density at radius 2 is 2.00 bits per heavy atom. The maximum absolute atomic E-state index is 6.09. The van der Waals surface area contributed by atoms with Crippen LogP contribution in [0.15, 0.2) is 29.3 Å². The number of amidine groups is 1. The lowest BCUT2D eigenvalue weighted by atomic mass is 10.0. The van der Waals surface area contributed by atoms with E-state index in [1.807, 2.05) is 6.07 Å². The van der Waals surface area contributed by atoms with Crippen molar-refractivity contribution < 1.29 is 0 Å². The predicted molar refractivity (Wildman–Crippen MR) is 73.8 cm³/mol. The van der Waals surface area contributed by atoms with E-state index < -0.39 is 0 Å². The van der Waals surface area contributed by atoms with E-state index in [0.717, 1.165) is 11.5 Å². The Balaban J connectivity index is 2.16. The number of benzene rings is 1. The molecule has 0 aliphatic heterocycles. The van der Waals surface area contributed by atoms with Gasteiger partial charge in [-0.05, 0) is 36.5 Å². The monoisotopic (exact) mass is 230 g/mol. The summed E-state index contributed by atoms with van der Waals surface area (Å²) in [5.41, 5.74) is 8.41. The molecule has 0 spiro atoms. The highest BCUT2D eigenvalue weighted by atomic mass is 14.9. The van der Waals surface area contributed by atoms with Crippen LogP contribution in [0.25, 0.3) is 0 Å². The van der Waals surface area contributed by atoms with Crippen molar-refractivity contribution in [2.45, 2.75) is 45.4 Å². The van der Waals surface area contributed by atoms with Gasteiger partial charge in [-0.1, -0.05) is 38.8 Å². The van der Waals surface area contributed by atoms with Gasteiger partial charge in [0.15, 0.2) is 0 Å². The van der Waals surface area contributed by atoms with Crippen molar-refractivity contribution in [1.82, 2.24) is 0 Å². The first-order chi connectivity index (χ1) is 8.16. The normalized spacial score (nSPS) is 17.9. The molecule has 0 radical (unpaired) electrons. The number of rotatable bonds is 3. The van der Waals surface area contributed by atoms with E-state index in [4.69, 9.17) is 5.73 Å². The van der Waals surface area contributed by atoms with Gasteiger partial charge in [-0.15, -0.1) is 0 Å². The van der Waals surface area contributed by atoms with Crippen LogP contribution in [-0.2, 0) is 0 Å². The second kappa shape index (κ2) is 5.35. The highest BCUT2D eigenvalue weighted by molar-refractivity contribution is 5.85. The van der Waals surface area contributed by atoms with Gasteiger partial charge in [0.1, 0.15) is 5.84 Å². The Kier molecular flexibility index (Phi) is 3.82. The number of aliphatic imine (C=N–C) groups is 1. The van der Waals surface area contributed by atoms with Crippen LogP contribution in [0.5, 0.6) is 0 Å². The van der Waals surface area contributed by atoms with Crippen LogP contribution in [0.2, 0.25) is 0 Å². The summed E-state index contributed by atoms with van der Waals surface area (Å²) < 4.78 is 0. The maximum Gasteiger partial charge on any atom is 0.103 e. The standard InChI is InChI=1S/C15H22N2/c1-11(2)13-8-5-9-14(10-13)17-15(16)12-6-3-4-7-12/h5,8-12H,3-4,6-7H2,1-2H3,(H2,16,17). The quantitative estimate of drug-likeness (QED) is 0.619. The lowest BCUT2D eigenvalue weighted by Gasteiger charge is -2.09. The second-order valence-electron chi connectivity index (χ2n) is 5.27. The molecule has 2 nitrogen and oxygen atoms in total. The minimum atomic E-state index is 0.512. The fourth-order valence-electron chi connectivity index (χ4n) is 2.42. The second-order valence-corrected chi connectivity index (χ2v) is 5.27. The molecule has 17 heavy (non-hydrogen) atoms. The van der Waals surface area contributed by atoms with Gasteiger partial charge in [0.25, 0.3) is 0 Å². The van der Waals surface area contributed by atoms with Crippen LogP contribution in [0, 0.1) is 5.92 Å². The lowest BCUT2D eigenvalue weighted by Crippen LogP contribution is -2.20. The smallest absolute Gasteiger partial charge is 0.103 e. The molecule has 1 saturated carbocycles. The average molecular weight is 230 g/mol. The molecule has 0 saturated heterocycles. The summed E-state index contributed by atoms with van der Waals surface area (Å²) in [5, 5.41) is 0. The summed E-state index contributed by atoms with van der Waals surface area (Å²) in [5.74, 6) is 1.87. The van der Waals surface area contributed by atoms with Crippen molar-refractivity contribution >= 4 is 11.5 Å². The van der Waals surface area contributed by atoms with Gasteiger partial charge in [0, 0.05) is 5.92 Å². The molecular formula is C15H22N2. The molecule has 1 aliphatic rings. The third-order valence-electron chi connectivity index (χ3n) is 3.57. The molecular weight excluding hydrogens is 208 g/mol. The van der Waals surface area contributed by atoms with E-state index in [0.29, 0.717) is 11.8 Å². The third kappa shape index (κ3) is 3.09. The zero-order chi connectivity index (χ0) is 12.3. The van der Waals surface area contributed by atoms with Crippen LogP contribution in [0.3, 0.4) is 0 Å². The van der Waals surface area contributed by atoms with Crippen LogP contribution < -0.4 is 5.73 Å². The van der Waals surface area contributed by atoms with Gasteiger partial charge in [-0.2, -0.15) is 0 Å². The Morgan fingerprint density at radius 1 is 1.29 bits per heavy atom. The van der Waals surface area contributed by atoms with E-state index in [1.54, 1.807) is 0 Å². The summed E-state index contributed by atoms with van der Waals surface area (Å²) in [4.78, 5) is 4.58. The molecule has 1 fully saturated rings. The molecule has 2 N–H and O–H groups in total. The van der Waals surface area contributed by atoms with Crippen molar-refractivity contribution in [1.29, 1.82) is 0 Å². The summed E-state index contributed by atoms with van der Waals surface area (Å²) in [6.07, 6.45) is 5.01. The summed E-state index contributed by atoms with van der Waals surface area (Å²) in [6, 6.07) is 8.39. The van der Waals surface area contributed by atoms with Gasteiger partial charge in [0.05, 0.1) is 5.69 Å². The fraction of sp³-hybridized carbons (Fsp3) is 0.533. The zero-order valence-corrected chi connectivity index (χ0v) is 10.8. The topological polar surface area (TPSA) is 38.4 Å². The molecule has 1 aromatic carbocycles. The fourth-order valence-corrected chi connectivity index (χ4v) is 2.42. The SMILES string of the molecule is CC(C)c1cccc(N=C(N)C2CCCC2)c1. The van der Waals surface area contributed by atoms with Gasteiger partial charge in [0.2, 0.25) is 0 Å². The highest BCUT2D eigenvalue weighted by Gasteiger charge is 2.18. The first-order valence-electron chi connectivity index (χ1n) is 6.61. The number of nitrogens with two attached hydrogens (primary N) is 1. The predicted octanol–water partition coefficient (Wildman–Crippen LogP) is 3.99. The van der Waals surface area contributed by atoms with Gasteiger partial charge in [-0.25, -0.2) is 4.99 Å². The number of hydrogen-bond acceptors (Lipinski definition) is 1. The summed E-state index contributed by atoms with van der Waals surface area (Å²) in [6.45, 7) is 4.40. The Hall–Kier alpha value is -1.31. The maximum atomic E-state index is 6.09. The van der Waals surface area contributed by atoms with Crippen molar-refractivity contribution in [2.75, 3.05) is 0 Å². The third-order valence-corrected chi connectivity index (χ3v) is 3.57. The van der Waals surface area contributed by atoms with Crippen LogP contribution >= 0.6 is 0 Å². The van der Waals surface area contributed by atoms with Gasteiger partial charge < -0.3 is 5.73 Å². The minimum Gasteiger partial charge on any atom is -0.387 e. The molecule has 2 heteroatoms. The molecule has 2 rings (SSSR count). The molecule has 0 bridgehead atoms.